The van der Waals surface area contributed by atoms with Gasteiger partial charge >= 0.3 is 0 Å². The van der Waals surface area contributed by atoms with Crippen LogP contribution in [-0.2, 0) is 0 Å². The van der Waals surface area contributed by atoms with E-state index in [-0.39, 0.29) is 0 Å². The lowest BCUT2D eigenvalue weighted by Gasteiger charge is -2.12. The Balaban J connectivity index is 1.67. The molecule has 16 heavy (non-hydrogen) atoms. The van der Waals surface area contributed by atoms with Gasteiger partial charge in [0.1, 0.15) is 18.5 Å². The fourth-order valence-electron chi connectivity index (χ4n) is 1.37. The van der Waals surface area contributed by atoms with E-state index in [0.29, 0.717) is 24.2 Å². The van der Waals surface area contributed by atoms with E-state index in [4.69, 9.17) is 16.3 Å². The zero-order valence-electron chi connectivity index (χ0n) is 9.03. The van der Waals surface area contributed by atoms with E-state index in [1.807, 2.05) is 0 Å². The van der Waals surface area contributed by atoms with E-state index in [1.54, 1.807) is 24.3 Å². The smallest absolute Gasteiger partial charge is 0.119 e. The minimum absolute atomic E-state index is 0.307. The number of aliphatic hydroxyl groups is 1. The second kappa shape index (κ2) is 5.53. The van der Waals surface area contributed by atoms with Gasteiger partial charge in [-0.1, -0.05) is 11.6 Å². The quantitative estimate of drug-likeness (QED) is 0.799. The largest absolute Gasteiger partial charge is 0.491 e. The summed E-state index contributed by atoms with van der Waals surface area (Å²) in [5.41, 5.74) is 0. The first-order valence-corrected chi connectivity index (χ1v) is 5.91. The lowest BCUT2D eigenvalue weighted by molar-refractivity contribution is 0.106. The molecule has 0 spiro atoms. The number of halogens is 1. The Morgan fingerprint density at radius 3 is 2.69 bits per heavy atom. The lowest BCUT2D eigenvalue weighted by atomic mass is 10.3. The molecule has 0 amide bonds. The third-order valence-electron chi connectivity index (χ3n) is 2.48. The summed E-state index contributed by atoms with van der Waals surface area (Å²) in [6.07, 6.45) is 1.99. The number of nitrogens with one attached hydrogen (secondary N) is 1. The Bertz CT molecular complexity index is 324. The van der Waals surface area contributed by atoms with Crippen LogP contribution in [0.4, 0.5) is 0 Å². The molecule has 1 fully saturated rings. The molecule has 0 bridgehead atoms. The maximum absolute atomic E-state index is 9.63. The highest BCUT2D eigenvalue weighted by atomic mass is 35.5. The predicted molar refractivity (Wildman–Crippen MR) is 64.0 cm³/mol. The summed E-state index contributed by atoms with van der Waals surface area (Å²) in [4.78, 5) is 0. The molecule has 0 heterocycles. The molecule has 0 radical (unpaired) electrons. The average molecular weight is 242 g/mol. The molecule has 2 N–H and O–H groups in total. The molecule has 1 atom stereocenters. The van der Waals surface area contributed by atoms with Crippen molar-refractivity contribution in [2.24, 2.45) is 0 Å². The summed E-state index contributed by atoms with van der Waals surface area (Å²) in [7, 11) is 0. The van der Waals surface area contributed by atoms with E-state index in [9.17, 15) is 5.11 Å². The predicted octanol–water partition coefficient (Wildman–Crippen LogP) is 1.83. The minimum Gasteiger partial charge on any atom is -0.491 e. The Hall–Kier alpha value is -0.770. The fraction of sp³-hybridized carbons (Fsp3) is 0.500. The number of ether oxygens (including phenoxy) is 1. The van der Waals surface area contributed by atoms with Gasteiger partial charge in [-0.2, -0.15) is 0 Å². The zero-order valence-corrected chi connectivity index (χ0v) is 9.78. The van der Waals surface area contributed by atoms with Crippen molar-refractivity contribution in [3.63, 3.8) is 0 Å². The van der Waals surface area contributed by atoms with Crippen LogP contribution in [0.3, 0.4) is 0 Å². The van der Waals surface area contributed by atoms with Crippen LogP contribution in [0.25, 0.3) is 0 Å². The SMILES string of the molecule is O[C@H](CNC1CC1)COc1ccc(Cl)cc1. The van der Waals surface area contributed by atoms with E-state index in [0.717, 1.165) is 5.75 Å². The molecule has 1 aliphatic carbocycles. The van der Waals surface area contributed by atoms with Gasteiger partial charge in [0.25, 0.3) is 0 Å². The van der Waals surface area contributed by atoms with Crippen LogP contribution in [0.15, 0.2) is 24.3 Å². The van der Waals surface area contributed by atoms with Gasteiger partial charge < -0.3 is 15.2 Å². The summed E-state index contributed by atoms with van der Waals surface area (Å²) in [5.74, 6) is 0.731. The number of hydrogen-bond donors (Lipinski definition) is 2. The second-order valence-corrected chi connectivity index (χ2v) is 4.54. The van der Waals surface area contributed by atoms with E-state index >= 15 is 0 Å². The molecule has 0 aliphatic heterocycles. The standard InChI is InChI=1S/C12H16ClNO2/c13-9-1-5-12(6-2-9)16-8-11(15)7-14-10-3-4-10/h1-2,5-6,10-11,14-15H,3-4,7-8H2/t11-/m1/s1. The van der Waals surface area contributed by atoms with Gasteiger partial charge in [0.15, 0.2) is 0 Å². The van der Waals surface area contributed by atoms with Gasteiger partial charge in [0.2, 0.25) is 0 Å². The Morgan fingerprint density at radius 2 is 2.06 bits per heavy atom. The third kappa shape index (κ3) is 4.00. The molecule has 1 aromatic carbocycles. The molecular formula is C12H16ClNO2. The summed E-state index contributed by atoms with van der Waals surface area (Å²) < 4.78 is 5.43. The number of aliphatic hydroxyl groups excluding tert-OH is 1. The molecule has 1 saturated carbocycles. The Labute approximate surface area is 100 Å². The number of rotatable bonds is 6. The normalized spacial score (nSPS) is 17.1. The van der Waals surface area contributed by atoms with E-state index < -0.39 is 6.10 Å². The van der Waals surface area contributed by atoms with Crippen molar-refractivity contribution < 1.29 is 9.84 Å². The van der Waals surface area contributed by atoms with Crippen LogP contribution in [0.2, 0.25) is 5.02 Å². The summed E-state index contributed by atoms with van der Waals surface area (Å²) in [6, 6.07) is 7.75. The highest BCUT2D eigenvalue weighted by Crippen LogP contribution is 2.18. The van der Waals surface area contributed by atoms with Crippen molar-refractivity contribution in [1.82, 2.24) is 5.32 Å². The molecule has 2 rings (SSSR count). The van der Waals surface area contributed by atoms with Gasteiger partial charge in [0.05, 0.1) is 0 Å². The van der Waals surface area contributed by atoms with Crippen LogP contribution >= 0.6 is 11.6 Å². The molecule has 4 heteroatoms. The van der Waals surface area contributed by atoms with Crippen LogP contribution < -0.4 is 10.1 Å². The van der Waals surface area contributed by atoms with Crippen LogP contribution in [-0.4, -0.2) is 30.4 Å². The molecule has 1 aliphatic rings. The number of benzene rings is 1. The topological polar surface area (TPSA) is 41.5 Å². The molecular weight excluding hydrogens is 226 g/mol. The van der Waals surface area contributed by atoms with Crippen LogP contribution in [0, 0.1) is 0 Å². The first kappa shape index (κ1) is 11.7. The van der Waals surface area contributed by atoms with E-state index in [1.165, 1.54) is 12.8 Å². The molecule has 0 aromatic heterocycles. The number of hydrogen-bond acceptors (Lipinski definition) is 3. The zero-order chi connectivity index (χ0) is 11.4. The Kier molecular flexibility index (Phi) is 4.04. The highest BCUT2D eigenvalue weighted by molar-refractivity contribution is 6.30. The van der Waals surface area contributed by atoms with Crippen molar-refractivity contribution >= 4 is 11.6 Å². The van der Waals surface area contributed by atoms with Crippen molar-refractivity contribution in [2.75, 3.05) is 13.2 Å². The average Bonchev–Trinajstić information content (AvgIpc) is 3.09. The Morgan fingerprint density at radius 1 is 1.38 bits per heavy atom. The van der Waals surface area contributed by atoms with E-state index in [2.05, 4.69) is 5.32 Å². The van der Waals surface area contributed by atoms with Crippen LogP contribution in [0.1, 0.15) is 12.8 Å². The summed E-state index contributed by atoms with van der Waals surface area (Å²) in [6.45, 7) is 0.902. The van der Waals surface area contributed by atoms with Crippen molar-refractivity contribution in [3.8, 4) is 5.75 Å². The van der Waals surface area contributed by atoms with Crippen molar-refractivity contribution in [3.05, 3.63) is 29.3 Å². The molecule has 1 aromatic rings. The molecule has 0 saturated heterocycles. The van der Waals surface area contributed by atoms with Gasteiger partial charge in [-0.3, -0.25) is 0 Å². The molecule has 3 nitrogen and oxygen atoms in total. The maximum Gasteiger partial charge on any atom is 0.119 e. The first-order chi connectivity index (χ1) is 7.74. The van der Waals surface area contributed by atoms with Gasteiger partial charge in [-0.05, 0) is 37.1 Å². The summed E-state index contributed by atoms with van der Waals surface area (Å²) in [5, 5.41) is 13.6. The van der Waals surface area contributed by atoms with Gasteiger partial charge in [-0.15, -0.1) is 0 Å². The van der Waals surface area contributed by atoms with Gasteiger partial charge in [-0.25, -0.2) is 0 Å². The minimum atomic E-state index is -0.462. The second-order valence-electron chi connectivity index (χ2n) is 4.10. The van der Waals surface area contributed by atoms with Crippen molar-refractivity contribution in [1.29, 1.82) is 0 Å². The van der Waals surface area contributed by atoms with Gasteiger partial charge in [0, 0.05) is 17.6 Å². The maximum atomic E-state index is 9.63. The fourth-order valence-corrected chi connectivity index (χ4v) is 1.50. The van der Waals surface area contributed by atoms with Crippen molar-refractivity contribution in [2.45, 2.75) is 25.0 Å². The summed E-state index contributed by atoms with van der Waals surface area (Å²) >= 11 is 5.75. The molecule has 0 unspecified atom stereocenters. The highest BCUT2D eigenvalue weighted by Gasteiger charge is 2.21. The molecule has 88 valence electrons. The first-order valence-electron chi connectivity index (χ1n) is 5.54. The monoisotopic (exact) mass is 241 g/mol. The lowest BCUT2D eigenvalue weighted by Crippen LogP contribution is -2.32. The van der Waals surface area contributed by atoms with Crippen LogP contribution in [0.5, 0.6) is 5.75 Å². The third-order valence-corrected chi connectivity index (χ3v) is 2.73.